The van der Waals surface area contributed by atoms with Crippen molar-refractivity contribution in [2.24, 2.45) is 17.6 Å². The number of fused-ring (bicyclic) bond motifs is 1. The van der Waals surface area contributed by atoms with E-state index in [0.717, 1.165) is 32.4 Å². The number of amides is 1. The van der Waals surface area contributed by atoms with Gasteiger partial charge in [0.2, 0.25) is 5.91 Å². The van der Waals surface area contributed by atoms with Crippen molar-refractivity contribution < 1.29 is 29.6 Å². The molecule has 9 heteroatoms. The van der Waals surface area contributed by atoms with Gasteiger partial charge in [0.1, 0.15) is 11.4 Å². The topological polar surface area (TPSA) is 149 Å². The lowest BCUT2D eigenvalue weighted by Crippen LogP contribution is -2.50. The molecule has 0 unspecified atom stereocenters. The summed E-state index contributed by atoms with van der Waals surface area (Å²) in [5.41, 5.74) is 4.83. The second-order valence-electron chi connectivity index (χ2n) is 12.0. The molecule has 3 aliphatic rings. The molecule has 3 fully saturated rings. The maximum atomic E-state index is 13.2. The predicted octanol–water partition coefficient (Wildman–Crippen LogP) is 3.17. The van der Waals surface area contributed by atoms with Gasteiger partial charge in [0.05, 0.1) is 29.2 Å². The molecule has 2 heterocycles. The number of carbonyl (C=O) groups excluding carboxylic acids is 1. The lowest BCUT2D eigenvalue weighted by atomic mass is 9.63. The van der Waals surface area contributed by atoms with Crippen LogP contribution in [-0.2, 0) is 10.2 Å². The number of piperidine rings is 1. The van der Waals surface area contributed by atoms with Crippen LogP contribution in [-0.4, -0.2) is 75.0 Å². The summed E-state index contributed by atoms with van der Waals surface area (Å²) >= 11 is 0. The van der Waals surface area contributed by atoms with Gasteiger partial charge < -0.3 is 35.7 Å². The summed E-state index contributed by atoms with van der Waals surface area (Å²) in [5, 5.41) is 32.2. The van der Waals surface area contributed by atoms with Gasteiger partial charge in [-0.2, -0.15) is 0 Å². The number of H-pyrrole nitrogens is 1. The highest BCUT2D eigenvalue weighted by Crippen LogP contribution is 2.49. The molecule has 2 aromatic rings. The highest BCUT2D eigenvalue weighted by molar-refractivity contribution is 6.05. The minimum Gasteiger partial charge on any atom is -0.493 e. The number of nitrogens with zero attached hydrogens (tertiary/aromatic N) is 1. The van der Waals surface area contributed by atoms with Crippen molar-refractivity contribution in [2.45, 2.75) is 81.8 Å². The van der Waals surface area contributed by atoms with E-state index < -0.39 is 22.9 Å². The number of hydrogen-bond acceptors (Lipinski definition) is 6. The molecule has 1 aromatic carbocycles. The first-order chi connectivity index (χ1) is 18.1. The van der Waals surface area contributed by atoms with Crippen molar-refractivity contribution in [2.75, 3.05) is 26.2 Å². The van der Waals surface area contributed by atoms with E-state index in [-0.39, 0.29) is 30.6 Å². The number of aromatic amines is 1. The van der Waals surface area contributed by atoms with Crippen molar-refractivity contribution in [3.8, 4) is 5.75 Å². The largest absolute Gasteiger partial charge is 0.493 e. The number of aliphatic hydroxyl groups is 2. The number of aromatic nitrogens is 1. The lowest BCUT2D eigenvalue weighted by Gasteiger charge is -2.44. The van der Waals surface area contributed by atoms with Gasteiger partial charge >= 0.3 is 5.97 Å². The molecule has 1 aromatic heterocycles. The minimum absolute atomic E-state index is 0.0372. The number of nitrogens with one attached hydrogen (secondary N) is 1. The number of likely N-dealkylation sites (tertiary alicyclic amines) is 1. The molecule has 0 radical (unpaired) electrons. The quantitative estimate of drug-likeness (QED) is 0.336. The van der Waals surface area contributed by atoms with Crippen molar-refractivity contribution in [1.82, 2.24) is 9.88 Å². The van der Waals surface area contributed by atoms with Crippen LogP contribution in [0.3, 0.4) is 0 Å². The molecule has 1 aliphatic heterocycles. The highest BCUT2D eigenvalue weighted by atomic mass is 16.5. The van der Waals surface area contributed by atoms with Gasteiger partial charge in [0.25, 0.3) is 0 Å². The second-order valence-corrected chi connectivity index (χ2v) is 12.0. The summed E-state index contributed by atoms with van der Waals surface area (Å²) in [5.74, 6) is -0.465. The van der Waals surface area contributed by atoms with Gasteiger partial charge in [-0.05, 0) is 75.3 Å². The van der Waals surface area contributed by atoms with Crippen LogP contribution in [0.1, 0.15) is 80.8 Å². The number of ether oxygens (including phenoxy) is 1. The van der Waals surface area contributed by atoms with Crippen LogP contribution < -0.4 is 10.5 Å². The van der Waals surface area contributed by atoms with Gasteiger partial charge in [-0.25, -0.2) is 4.79 Å². The average molecular weight is 528 g/mol. The molecular formula is C29H41N3O6. The first kappa shape index (κ1) is 27.0. The molecule has 1 amide bonds. The fraction of sp³-hybridized carbons (Fsp3) is 0.655. The summed E-state index contributed by atoms with van der Waals surface area (Å²) in [7, 11) is 0. The molecule has 1 saturated heterocycles. The Labute approximate surface area is 223 Å². The molecular weight excluding hydrogens is 486 g/mol. The van der Waals surface area contributed by atoms with Crippen LogP contribution >= 0.6 is 0 Å². The number of carboxylic acids is 1. The first-order valence-electron chi connectivity index (χ1n) is 14.1. The summed E-state index contributed by atoms with van der Waals surface area (Å²) in [6, 6.07) is 5.45. The number of nitrogens with two attached hydrogens (primary N) is 1. The molecule has 2 aliphatic carbocycles. The average Bonchev–Trinajstić information content (AvgIpc) is 3.26. The number of carboxylic acid groups (broad SMARTS) is 1. The molecule has 0 bridgehead atoms. The van der Waals surface area contributed by atoms with Crippen LogP contribution in [0.2, 0.25) is 0 Å². The van der Waals surface area contributed by atoms with E-state index >= 15 is 0 Å². The first-order valence-corrected chi connectivity index (χ1v) is 14.1. The zero-order chi connectivity index (χ0) is 27.1. The number of carbonyl (C=O) groups is 2. The van der Waals surface area contributed by atoms with Crippen LogP contribution in [0.25, 0.3) is 10.9 Å². The molecule has 6 N–H and O–H groups in total. The van der Waals surface area contributed by atoms with Crippen molar-refractivity contribution in [3.63, 3.8) is 0 Å². The number of rotatable bonds is 9. The fourth-order valence-corrected chi connectivity index (χ4v) is 6.64. The van der Waals surface area contributed by atoms with Crippen LogP contribution in [0.5, 0.6) is 5.75 Å². The lowest BCUT2D eigenvalue weighted by molar-refractivity contribution is -0.127. The number of aromatic carboxylic acids is 1. The summed E-state index contributed by atoms with van der Waals surface area (Å²) in [4.78, 5) is 30.9. The Kier molecular flexibility index (Phi) is 7.46. The standard InChI is InChI=1S/C29H41N3O6/c1-18-16-32(14-8-21(18)33)15-13-28(37)9-11-29(12-10-28,27(30)36)24-23-20(31-25(24)26(34)35)6-3-7-22(23)38-17-19-4-2-5-19/h3,6-7,18-19,21,31,33,37H,2,4-5,8-17H2,1H3,(H2,30,36)(H,34,35)/t18-,21-,28?,29?/m0/s1. The van der Waals surface area contributed by atoms with E-state index in [4.69, 9.17) is 10.5 Å². The summed E-state index contributed by atoms with van der Waals surface area (Å²) in [6.45, 7) is 4.90. The number of benzene rings is 1. The maximum absolute atomic E-state index is 13.2. The molecule has 5 rings (SSSR count). The van der Waals surface area contributed by atoms with E-state index in [0.29, 0.717) is 60.5 Å². The smallest absolute Gasteiger partial charge is 0.352 e. The Balaban J connectivity index is 1.41. The van der Waals surface area contributed by atoms with Crippen LogP contribution in [0.15, 0.2) is 18.2 Å². The Hall–Kier alpha value is -2.62. The van der Waals surface area contributed by atoms with Crippen molar-refractivity contribution in [1.29, 1.82) is 0 Å². The number of aliphatic hydroxyl groups excluding tert-OH is 1. The van der Waals surface area contributed by atoms with E-state index in [2.05, 4.69) is 9.88 Å². The van der Waals surface area contributed by atoms with Gasteiger partial charge in [-0.1, -0.05) is 19.4 Å². The van der Waals surface area contributed by atoms with Gasteiger partial charge in [-0.15, -0.1) is 0 Å². The van der Waals surface area contributed by atoms with Crippen LogP contribution in [0.4, 0.5) is 0 Å². The van der Waals surface area contributed by atoms with Crippen LogP contribution in [0, 0.1) is 11.8 Å². The molecule has 38 heavy (non-hydrogen) atoms. The maximum Gasteiger partial charge on any atom is 0.352 e. The monoisotopic (exact) mass is 527 g/mol. The summed E-state index contributed by atoms with van der Waals surface area (Å²) < 4.78 is 6.20. The Morgan fingerprint density at radius 3 is 2.53 bits per heavy atom. The third-order valence-corrected chi connectivity index (χ3v) is 9.52. The fourth-order valence-electron chi connectivity index (χ4n) is 6.64. The van der Waals surface area contributed by atoms with Gasteiger partial charge in [0.15, 0.2) is 0 Å². The Morgan fingerprint density at radius 2 is 1.92 bits per heavy atom. The summed E-state index contributed by atoms with van der Waals surface area (Å²) in [6.07, 6.45) is 5.67. The van der Waals surface area contributed by atoms with E-state index in [1.54, 1.807) is 6.07 Å². The SMILES string of the molecule is C[C@H]1CN(CCC2(O)CCC(C(N)=O)(c3c(C(=O)O)[nH]c4cccc(OCC5CCC5)c34)CC2)CC[C@@H]1O. The highest BCUT2D eigenvalue weighted by Gasteiger charge is 2.50. The minimum atomic E-state index is -1.22. The molecule has 9 nitrogen and oxygen atoms in total. The van der Waals surface area contributed by atoms with Gasteiger partial charge in [0, 0.05) is 30.6 Å². The van der Waals surface area contributed by atoms with Crippen molar-refractivity contribution in [3.05, 3.63) is 29.5 Å². The number of primary amides is 1. The predicted molar refractivity (Wildman–Crippen MR) is 143 cm³/mol. The Morgan fingerprint density at radius 1 is 1.18 bits per heavy atom. The zero-order valence-corrected chi connectivity index (χ0v) is 22.2. The normalized spacial score (nSPS) is 30.7. The van der Waals surface area contributed by atoms with Gasteiger partial charge in [-0.3, -0.25) is 4.79 Å². The van der Waals surface area contributed by atoms with Crippen molar-refractivity contribution >= 4 is 22.8 Å². The van der Waals surface area contributed by atoms with E-state index in [1.807, 2.05) is 19.1 Å². The molecule has 208 valence electrons. The molecule has 0 spiro atoms. The third kappa shape index (κ3) is 5.03. The second kappa shape index (κ2) is 10.5. The molecule has 2 saturated carbocycles. The molecule has 2 atom stereocenters. The third-order valence-electron chi connectivity index (χ3n) is 9.52. The van der Waals surface area contributed by atoms with E-state index in [1.165, 1.54) is 6.42 Å². The number of hydrogen-bond donors (Lipinski definition) is 5. The Bertz CT molecular complexity index is 1180. The van der Waals surface area contributed by atoms with E-state index in [9.17, 15) is 24.9 Å². The zero-order valence-electron chi connectivity index (χ0n) is 22.2.